The van der Waals surface area contributed by atoms with Crippen molar-refractivity contribution in [2.75, 3.05) is 26.4 Å². The van der Waals surface area contributed by atoms with Gasteiger partial charge in [0.15, 0.2) is 0 Å². The van der Waals surface area contributed by atoms with Crippen molar-refractivity contribution in [2.45, 2.75) is 225 Å². The van der Waals surface area contributed by atoms with E-state index >= 15 is 0 Å². The quantitative estimate of drug-likeness (QED) is 0.0239. The average Bonchev–Trinajstić information content (AvgIpc) is 3.20. The third-order valence-electron chi connectivity index (χ3n) is 10.0. The SMILES string of the molecule is CCCCC/C=C\C/C=C\CCCCCCCCCC(=O)NCCOP(=O)(O)OCC(O)COC(=O)CCCCCCCCCCC/C=C/CCCCCCCC. The molecule has 0 saturated heterocycles. The lowest BCUT2D eigenvalue weighted by Gasteiger charge is -2.15. The molecule has 0 saturated carbocycles. The Bertz CT molecular complexity index is 1030. The Morgan fingerprint density at radius 2 is 0.947 bits per heavy atom. The average molecular weight is 826 g/mol. The van der Waals surface area contributed by atoms with Crippen LogP contribution in [0.15, 0.2) is 36.5 Å². The Balaban J connectivity index is 3.58. The molecule has 9 nitrogen and oxygen atoms in total. The van der Waals surface area contributed by atoms with Crippen LogP contribution in [-0.4, -0.2) is 54.3 Å². The Labute approximate surface area is 350 Å². The van der Waals surface area contributed by atoms with Crippen molar-refractivity contribution in [3.8, 4) is 0 Å². The summed E-state index contributed by atoms with van der Waals surface area (Å²) in [6.07, 6.45) is 49.3. The molecule has 10 heteroatoms. The van der Waals surface area contributed by atoms with Crippen LogP contribution in [0.2, 0.25) is 0 Å². The summed E-state index contributed by atoms with van der Waals surface area (Å²) in [5.41, 5.74) is 0. The molecular formula is C47H88NO8P. The second-order valence-electron chi connectivity index (χ2n) is 15.7. The minimum atomic E-state index is -4.42. The smallest absolute Gasteiger partial charge is 0.463 e. The summed E-state index contributed by atoms with van der Waals surface area (Å²) in [4.78, 5) is 34.0. The number of carbonyl (C=O) groups excluding carboxylic acids is 2. The number of aliphatic hydroxyl groups is 1. The number of unbranched alkanes of at least 4 members (excludes halogenated alkanes) is 25. The van der Waals surface area contributed by atoms with Crippen LogP contribution in [0, 0.1) is 0 Å². The molecule has 2 unspecified atom stereocenters. The van der Waals surface area contributed by atoms with Crippen molar-refractivity contribution in [2.24, 2.45) is 0 Å². The van der Waals surface area contributed by atoms with E-state index in [1.807, 2.05) is 0 Å². The topological polar surface area (TPSA) is 131 Å². The fourth-order valence-corrected chi connectivity index (χ4v) is 7.22. The second-order valence-corrected chi connectivity index (χ2v) is 17.2. The van der Waals surface area contributed by atoms with E-state index in [0.29, 0.717) is 6.42 Å². The van der Waals surface area contributed by atoms with E-state index in [1.54, 1.807) is 0 Å². The van der Waals surface area contributed by atoms with Crippen LogP contribution < -0.4 is 5.32 Å². The number of aliphatic hydroxyl groups excluding tert-OH is 1. The summed E-state index contributed by atoms with van der Waals surface area (Å²) in [7, 11) is -4.42. The maximum absolute atomic E-state index is 12.1. The number of rotatable bonds is 44. The molecule has 0 aromatic carbocycles. The zero-order valence-corrected chi connectivity index (χ0v) is 37.7. The molecule has 0 aliphatic rings. The first-order valence-corrected chi connectivity index (χ1v) is 25.0. The number of carbonyl (C=O) groups is 2. The molecule has 57 heavy (non-hydrogen) atoms. The first-order chi connectivity index (χ1) is 27.8. The third kappa shape index (κ3) is 45.2. The highest BCUT2D eigenvalue weighted by atomic mass is 31.2. The standard InChI is InChI=1S/C47H88NO8P/c1-3-5-7-9-11-13-15-17-19-21-22-24-26-28-30-32-34-36-38-40-47(51)54-43-45(49)44-56-57(52,53)55-42-41-48-46(50)39-37-35-33-31-29-27-25-23-20-18-16-14-12-10-8-6-4-2/h12,14,17-20,45,49H,3-11,13,15-16,21-44H2,1-2H3,(H,48,50)(H,52,53)/b14-12-,19-17+,20-18-. The van der Waals surface area contributed by atoms with Gasteiger partial charge in [0.2, 0.25) is 5.91 Å². The largest absolute Gasteiger partial charge is 0.472 e. The van der Waals surface area contributed by atoms with Crippen molar-refractivity contribution in [3.63, 3.8) is 0 Å². The Hall–Kier alpha value is -1.77. The van der Waals surface area contributed by atoms with Gasteiger partial charge in [0, 0.05) is 19.4 Å². The first-order valence-electron chi connectivity index (χ1n) is 23.5. The van der Waals surface area contributed by atoms with E-state index in [9.17, 15) is 24.2 Å². The van der Waals surface area contributed by atoms with E-state index in [1.165, 1.54) is 141 Å². The highest BCUT2D eigenvalue weighted by Gasteiger charge is 2.23. The van der Waals surface area contributed by atoms with Gasteiger partial charge in [0.25, 0.3) is 0 Å². The molecule has 0 heterocycles. The van der Waals surface area contributed by atoms with Crippen molar-refractivity contribution >= 4 is 19.7 Å². The molecular weight excluding hydrogens is 737 g/mol. The van der Waals surface area contributed by atoms with Crippen LogP contribution in [0.3, 0.4) is 0 Å². The fourth-order valence-electron chi connectivity index (χ4n) is 6.46. The maximum atomic E-state index is 12.1. The van der Waals surface area contributed by atoms with Crippen LogP contribution in [0.1, 0.15) is 219 Å². The number of esters is 1. The summed E-state index contributed by atoms with van der Waals surface area (Å²) in [6.45, 7) is 3.53. The minimum absolute atomic E-state index is 0.0775. The normalized spacial score (nSPS) is 13.5. The van der Waals surface area contributed by atoms with Gasteiger partial charge in [-0.25, -0.2) is 4.57 Å². The summed E-state index contributed by atoms with van der Waals surface area (Å²) in [6, 6.07) is 0. The highest BCUT2D eigenvalue weighted by molar-refractivity contribution is 7.47. The number of hydrogen-bond acceptors (Lipinski definition) is 7. The van der Waals surface area contributed by atoms with Crippen molar-refractivity contribution in [1.82, 2.24) is 5.32 Å². The summed E-state index contributed by atoms with van der Waals surface area (Å²) < 4.78 is 26.9. The van der Waals surface area contributed by atoms with Gasteiger partial charge in [-0.05, 0) is 70.6 Å². The van der Waals surface area contributed by atoms with Crippen LogP contribution in [-0.2, 0) is 27.9 Å². The lowest BCUT2D eigenvalue weighted by molar-refractivity contribution is -0.147. The van der Waals surface area contributed by atoms with Gasteiger partial charge >= 0.3 is 13.8 Å². The number of ether oxygens (including phenoxy) is 1. The summed E-state index contributed by atoms with van der Waals surface area (Å²) >= 11 is 0. The lowest BCUT2D eigenvalue weighted by atomic mass is 10.1. The molecule has 0 aliphatic carbocycles. The number of nitrogens with one attached hydrogen (secondary N) is 1. The molecule has 2 atom stereocenters. The van der Waals surface area contributed by atoms with E-state index in [0.717, 1.165) is 51.4 Å². The van der Waals surface area contributed by atoms with E-state index in [4.69, 9.17) is 13.8 Å². The molecule has 0 rings (SSSR count). The van der Waals surface area contributed by atoms with Crippen LogP contribution >= 0.6 is 7.82 Å². The summed E-state index contributed by atoms with van der Waals surface area (Å²) in [5.74, 6) is -0.522. The predicted octanol–water partition coefficient (Wildman–Crippen LogP) is 13.3. The predicted molar refractivity (Wildman–Crippen MR) is 238 cm³/mol. The molecule has 3 N–H and O–H groups in total. The van der Waals surface area contributed by atoms with Gasteiger partial charge in [0.1, 0.15) is 12.7 Å². The minimum Gasteiger partial charge on any atom is -0.463 e. The number of allylic oxidation sites excluding steroid dienone is 6. The lowest BCUT2D eigenvalue weighted by Crippen LogP contribution is -2.27. The second kappa shape index (κ2) is 43.8. The monoisotopic (exact) mass is 826 g/mol. The number of phosphoric acid groups is 1. The first kappa shape index (κ1) is 55.2. The van der Waals surface area contributed by atoms with Gasteiger partial charge in [0.05, 0.1) is 13.2 Å². The fraction of sp³-hybridized carbons (Fsp3) is 0.830. The van der Waals surface area contributed by atoms with Crippen LogP contribution in [0.5, 0.6) is 0 Å². The van der Waals surface area contributed by atoms with E-state index < -0.39 is 26.5 Å². The highest BCUT2D eigenvalue weighted by Crippen LogP contribution is 2.42. The molecule has 0 bridgehead atoms. The van der Waals surface area contributed by atoms with Crippen LogP contribution in [0.4, 0.5) is 0 Å². The van der Waals surface area contributed by atoms with Crippen molar-refractivity contribution < 1.29 is 37.9 Å². The van der Waals surface area contributed by atoms with Crippen LogP contribution in [0.25, 0.3) is 0 Å². The van der Waals surface area contributed by atoms with Crippen molar-refractivity contribution in [3.05, 3.63) is 36.5 Å². The Morgan fingerprint density at radius 1 is 0.544 bits per heavy atom. The molecule has 0 aromatic heterocycles. The molecule has 0 radical (unpaired) electrons. The molecule has 334 valence electrons. The molecule has 0 fully saturated rings. The molecule has 0 aliphatic heterocycles. The van der Waals surface area contributed by atoms with Gasteiger partial charge in [-0.15, -0.1) is 0 Å². The summed E-state index contributed by atoms with van der Waals surface area (Å²) in [5, 5.41) is 12.7. The number of phosphoric ester groups is 1. The zero-order valence-electron chi connectivity index (χ0n) is 36.8. The molecule has 0 aromatic rings. The van der Waals surface area contributed by atoms with Gasteiger partial charge in [-0.1, -0.05) is 172 Å². The van der Waals surface area contributed by atoms with Gasteiger partial charge in [-0.2, -0.15) is 0 Å². The van der Waals surface area contributed by atoms with Gasteiger partial charge < -0.3 is 20.1 Å². The maximum Gasteiger partial charge on any atom is 0.472 e. The third-order valence-corrected chi connectivity index (χ3v) is 11.0. The Kier molecular flexibility index (Phi) is 42.4. The van der Waals surface area contributed by atoms with Crippen molar-refractivity contribution in [1.29, 1.82) is 0 Å². The molecule has 0 spiro atoms. The van der Waals surface area contributed by atoms with E-state index in [-0.39, 0.29) is 32.1 Å². The number of hydrogen-bond donors (Lipinski definition) is 3. The molecule has 1 amide bonds. The zero-order chi connectivity index (χ0) is 41.8. The Morgan fingerprint density at radius 3 is 1.46 bits per heavy atom. The van der Waals surface area contributed by atoms with E-state index in [2.05, 4.69) is 55.6 Å². The van der Waals surface area contributed by atoms with Gasteiger partial charge in [-0.3, -0.25) is 18.6 Å². The number of amides is 1.